The van der Waals surface area contributed by atoms with Crippen LogP contribution in [0.25, 0.3) is 0 Å². The molecular formula is C16H22N2O5. The molecule has 7 heteroatoms. The van der Waals surface area contributed by atoms with Crippen LogP contribution >= 0.6 is 0 Å². The van der Waals surface area contributed by atoms with Gasteiger partial charge in [-0.25, -0.2) is 0 Å². The van der Waals surface area contributed by atoms with Crippen molar-refractivity contribution in [3.8, 4) is 0 Å². The number of carbonyl (C=O) groups is 4. The molecule has 7 nitrogen and oxygen atoms in total. The van der Waals surface area contributed by atoms with E-state index in [0.29, 0.717) is 19.4 Å². The van der Waals surface area contributed by atoms with Gasteiger partial charge in [0.1, 0.15) is 0 Å². The zero-order valence-corrected chi connectivity index (χ0v) is 13.4. The van der Waals surface area contributed by atoms with Gasteiger partial charge < -0.3 is 10.1 Å². The van der Waals surface area contributed by atoms with Crippen molar-refractivity contribution in [2.75, 3.05) is 13.1 Å². The topological polar surface area (TPSA) is 92.8 Å². The molecule has 126 valence electrons. The number of carbonyl (C=O) groups excluding carboxylic acids is 4. The molecule has 0 aromatic carbocycles. The molecule has 3 atom stereocenters. The number of likely N-dealkylation sites (tertiary alicyclic amines) is 1. The summed E-state index contributed by atoms with van der Waals surface area (Å²) in [7, 11) is 0. The summed E-state index contributed by atoms with van der Waals surface area (Å²) in [4.78, 5) is 48.9. The van der Waals surface area contributed by atoms with Crippen LogP contribution in [0, 0.1) is 11.8 Å². The zero-order valence-electron chi connectivity index (χ0n) is 13.4. The smallest absolute Gasteiger partial charge is 0.308 e. The number of nitrogens with zero attached hydrogens (tertiary/aromatic N) is 1. The van der Waals surface area contributed by atoms with Gasteiger partial charge in [-0.3, -0.25) is 24.1 Å². The standard InChI is InChI=1S/C16H22N2O5/c1-3-17-14(20)10(2)23-13(19)8-9-18-15(21)11-6-4-5-7-12(11)16(18)22/h4-5,10-12H,3,6-9H2,1-2H3,(H,17,20)/t10-,11-,12+/m0/s1. The van der Waals surface area contributed by atoms with Crippen LogP contribution in [-0.2, 0) is 23.9 Å². The predicted molar refractivity (Wildman–Crippen MR) is 80.9 cm³/mol. The fraction of sp³-hybridized carbons (Fsp3) is 0.625. The molecule has 0 spiro atoms. The van der Waals surface area contributed by atoms with Crippen LogP contribution in [0.1, 0.15) is 33.1 Å². The van der Waals surface area contributed by atoms with Gasteiger partial charge in [0.15, 0.2) is 6.10 Å². The Morgan fingerprint density at radius 1 is 1.26 bits per heavy atom. The molecule has 0 bridgehead atoms. The Morgan fingerprint density at radius 2 is 1.83 bits per heavy atom. The highest BCUT2D eigenvalue weighted by atomic mass is 16.5. The lowest BCUT2D eigenvalue weighted by Crippen LogP contribution is -2.37. The molecule has 1 heterocycles. The highest BCUT2D eigenvalue weighted by Gasteiger charge is 2.46. The van der Waals surface area contributed by atoms with Crippen LogP contribution in [-0.4, -0.2) is 47.8 Å². The third-order valence-corrected chi connectivity index (χ3v) is 4.17. The maximum absolute atomic E-state index is 12.2. The van der Waals surface area contributed by atoms with Crippen LogP contribution in [0.2, 0.25) is 0 Å². The Bertz CT molecular complexity index is 517. The van der Waals surface area contributed by atoms with E-state index in [1.54, 1.807) is 6.92 Å². The molecule has 0 unspecified atom stereocenters. The highest BCUT2D eigenvalue weighted by Crippen LogP contribution is 2.34. The first kappa shape index (κ1) is 17.2. The van der Waals surface area contributed by atoms with Crippen molar-refractivity contribution in [2.24, 2.45) is 11.8 Å². The average molecular weight is 322 g/mol. The van der Waals surface area contributed by atoms with Gasteiger partial charge >= 0.3 is 5.97 Å². The second kappa shape index (κ2) is 7.39. The molecule has 0 radical (unpaired) electrons. The average Bonchev–Trinajstić information content (AvgIpc) is 2.77. The maximum Gasteiger partial charge on any atom is 0.308 e. The number of imide groups is 1. The molecule has 0 saturated carbocycles. The van der Waals surface area contributed by atoms with E-state index < -0.39 is 12.1 Å². The molecule has 1 aliphatic heterocycles. The van der Waals surface area contributed by atoms with E-state index in [4.69, 9.17) is 4.74 Å². The van der Waals surface area contributed by atoms with Crippen LogP contribution in [0.3, 0.4) is 0 Å². The number of nitrogens with one attached hydrogen (secondary N) is 1. The summed E-state index contributed by atoms with van der Waals surface area (Å²) in [6.45, 7) is 3.71. The number of allylic oxidation sites excluding steroid dienone is 2. The van der Waals surface area contributed by atoms with Gasteiger partial charge in [0.2, 0.25) is 11.8 Å². The summed E-state index contributed by atoms with van der Waals surface area (Å²) in [6.07, 6.45) is 3.98. The van der Waals surface area contributed by atoms with Crippen molar-refractivity contribution < 1.29 is 23.9 Å². The lowest BCUT2D eigenvalue weighted by atomic mass is 9.85. The van der Waals surface area contributed by atoms with Crippen LogP contribution < -0.4 is 5.32 Å². The lowest BCUT2D eigenvalue weighted by Gasteiger charge is -2.16. The number of likely N-dealkylation sites (N-methyl/N-ethyl adjacent to an activating group) is 1. The number of amides is 3. The van der Waals surface area contributed by atoms with Crippen LogP contribution in [0.15, 0.2) is 12.2 Å². The molecule has 0 aromatic rings. The Kier molecular flexibility index (Phi) is 5.52. The summed E-state index contributed by atoms with van der Waals surface area (Å²) in [5.74, 6) is -1.98. The first-order chi connectivity index (χ1) is 11.0. The van der Waals surface area contributed by atoms with Crippen LogP contribution in [0.4, 0.5) is 0 Å². The van der Waals surface area contributed by atoms with Gasteiger partial charge in [-0.2, -0.15) is 0 Å². The van der Waals surface area contributed by atoms with Crippen molar-refractivity contribution in [3.63, 3.8) is 0 Å². The number of rotatable bonds is 6. The fourth-order valence-electron chi connectivity index (χ4n) is 2.92. The molecule has 1 fully saturated rings. The van der Waals surface area contributed by atoms with Gasteiger partial charge in [0, 0.05) is 13.1 Å². The minimum absolute atomic E-state index is 0.00557. The summed E-state index contributed by atoms with van der Waals surface area (Å²) in [5, 5.41) is 2.55. The minimum Gasteiger partial charge on any atom is -0.452 e. The first-order valence-corrected chi connectivity index (χ1v) is 7.93. The number of hydrogen-bond acceptors (Lipinski definition) is 5. The molecular weight excluding hydrogens is 300 g/mol. The third-order valence-electron chi connectivity index (χ3n) is 4.17. The second-order valence-electron chi connectivity index (χ2n) is 5.76. The van der Waals surface area contributed by atoms with E-state index in [0.717, 1.165) is 4.90 Å². The van der Waals surface area contributed by atoms with E-state index in [1.807, 2.05) is 12.2 Å². The Balaban J connectivity index is 1.84. The lowest BCUT2D eigenvalue weighted by molar-refractivity contribution is -0.155. The summed E-state index contributed by atoms with van der Waals surface area (Å²) in [6, 6.07) is 0. The predicted octanol–water partition coefficient (Wildman–Crippen LogP) is 0.395. The van der Waals surface area contributed by atoms with Crippen molar-refractivity contribution in [1.29, 1.82) is 0 Å². The fourth-order valence-corrected chi connectivity index (χ4v) is 2.92. The summed E-state index contributed by atoms with van der Waals surface area (Å²) >= 11 is 0. The van der Waals surface area contributed by atoms with Crippen molar-refractivity contribution in [2.45, 2.75) is 39.2 Å². The SMILES string of the molecule is CCNC(=O)[C@H](C)OC(=O)CCN1C(=O)[C@H]2CC=CC[C@H]2C1=O. The molecule has 1 aliphatic carbocycles. The van der Waals surface area contributed by atoms with E-state index in [-0.39, 0.29) is 42.5 Å². The molecule has 0 aromatic heterocycles. The molecule has 2 aliphatic rings. The van der Waals surface area contributed by atoms with Crippen molar-refractivity contribution >= 4 is 23.7 Å². The molecule has 1 saturated heterocycles. The van der Waals surface area contributed by atoms with Gasteiger partial charge in [0.05, 0.1) is 18.3 Å². The summed E-state index contributed by atoms with van der Waals surface area (Å²) in [5.41, 5.74) is 0. The molecule has 2 rings (SSSR count). The van der Waals surface area contributed by atoms with E-state index in [2.05, 4.69) is 5.32 Å². The monoisotopic (exact) mass is 322 g/mol. The van der Waals surface area contributed by atoms with Crippen molar-refractivity contribution in [3.05, 3.63) is 12.2 Å². The maximum atomic E-state index is 12.2. The number of fused-ring (bicyclic) bond motifs is 1. The van der Waals surface area contributed by atoms with Crippen LogP contribution in [0.5, 0.6) is 0 Å². The van der Waals surface area contributed by atoms with Gasteiger partial charge in [-0.15, -0.1) is 0 Å². The molecule has 3 amide bonds. The van der Waals surface area contributed by atoms with E-state index in [1.165, 1.54) is 6.92 Å². The van der Waals surface area contributed by atoms with Crippen molar-refractivity contribution in [1.82, 2.24) is 10.2 Å². The summed E-state index contributed by atoms with van der Waals surface area (Å²) < 4.78 is 5.00. The van der Waals surface area contributed by atoms with Gasteiger partial charge in [-0.1, -0.05) is 12.2 Å². The van der Waals surface area contributed by atoms with Gasteiger partial charge in [-0.05, 0) is 26.7 Å². The number of ether oxygens (including phenoxy) is 1. The second-order valence-corrected chi connectivity index (χ2v) is 5.76. The Morgan fingerprint density at radius 3 is 2.35 bits per heavy atom. The van der Waals surface area contributed by atoms with E-state index in [9.17, 15) is 19.2 Å². The quantitative estimate of drug-likeness (QED) is 0.434. The first-order valence-electron chi connectivity index (χ1n) is 7.93. The number of esters is 1. The normalized spacial score (nSPS) is 24.3. The molecule has 1 N–H and O–H groups in total. The zero-order chi connectivity index (χ0) is 17.0. The minimum atomic E-state index is -0.890. The highest BCUT2D eigenvalue weighted by molar-refractivity contribution is 6.05. The third kappa shape index (κ3) is 3.78. The largest absolute Gasteiger partial charge is 0.452 e. The molecule has 23 heavy (non-hydrogen) atoms. The Labute approximate surface area is 135 Å². The Hall–Kier alpha value is -2.18. The van der Waals surface area contributed by atoms with E-state index >= 15 is 0 Å². The number of hydrogen-bond donors (Lipinski definition) is 1. The van der Waals surface area contributed by atoms with Gasteiger partial charge in [0.25, 0.3) is 5.91 Å².